The summed E-state index contributed by atoms with van der Waals surface area (Å²) in [6, 6.07) is 6.93. The molecule has 1 aliphatic heterocycles. The molecule has 2 aromatic rings. The largest absolute Gasteiger partial charge is 0.431 e. The molecule has 0 bridgehead atoms. The Morgan fingerprint density at radius 1 is 1.20 bits per heavy atom. The van der Waals surface area contributed by atoms with Gasteiger partial charge in [-0.15, -0.1) is 0 Å². The highest BCUT2D eigenvalue weighted by Gasteiger charge is 2.53. The van der Waals surface area contributed by atoms with Gasteiger partial charge in [0.25, 0.3) is 5.91 Å². The Bertz CT molecular complexity index is 822. The summed E-state index contributed by atoms with van der Waals surface area (Å²) in [4.78, 5) is 16.3. The highest BCUT2D eigenvalue weighted by atomic mass is 19.4. The van der Waals surface area contributed by atoms with Crippen molar-refractivity contribution in [1.82, 2.24) is 9.99 Å². The van der Waals surface area contributed by atoms with Gasteiger partial charge in [0.05, 0.1) is 12.0 Å². The van der Waals surface area contributed by atoms with E-state index in [1.54, 1.807) is 0 Å². The van der Waals surface area contributed by atoms with Gasteiger partial charge >= 0.3 is 6.18 Å². The molecular weight excluding hydrogens is 342 g/mol. The van der Waals surface area contributed by atoms with Crippen molar-refractivity contribution in [1.29, 1.82) is 0 Å². The second-order valence-corrected chi connectivity index (χ2v) is 5.40. The van der Waals surface area contributed by atoms with Crippen molar-refractivity contribution >= 4 is 11.6 Å². The van der Waals surface area contributed by atoms with Gasteiger partial charge in [0.2, 0.25) is 0 Å². The van der Waals surface area contributed by atoms with Crippen molar-refractivity contribution in [3.8, 4) is 0 Å². The SMILES string of the molecule is O=C(c1cccnc1)N1N=C(C(F)(F)F)CC1(O)c1ccc(F)cc1. The quantitative estimate of drug-likeness (QED) is 0.845. The molecule has 0 spiro atoms. The average Bonchev–Trinajstić information content (AvgIpc) is 2.94. The number of carbonyl (C=O) groups is 1. The van der Waals surface area contributed by atoms with Crippen molar-refractivity contribution in [3.05, 3.63) is 65.7 Å². The lowest BCUT2D eigenvalue weighted by Gasteiger charge is -2.31. The Hall–Kier alpha value is -2.81. The second kappa shape index (κ2) is 5.92. The van der Waals surface area contributed by atoms with E-state index in [4.69, 9.17) is 0 Å². The fourth-order valence-corrected chi connectivity index (χ4v) is 2.47. The molecule has 0 radical (unpaired) electrons. The van der Waals surface area contributed by atoms with Gasteiger partial charge in [-0.2, -0.15) is 23.3 Å². The fraction of sp³-hybridized carbons (Fsp3) is 0.188. The molecule has 3 rings (SSSR count). The zero-order valence-corrected chi connectivity index (χ0v) is 12.5. The van der Waals surface area contributed by atoms with E-state index >= 15 is 0 Å². The monoisotopic (exact) mass is 353 g/mol. The Morgan fingerprint density at radius 3 is 2.44 bits per heavy atom. The average molecular weight is 353 g/mol. The van der Waals surface area contributed by atoms with E-state index in [0.29, 0.717) is 5.01 Å². The molecule has 1 aromatic carbocycles. The molecule has 0 fully saturated rings. The van der Waals surface area contributed by atoms with Crippen LogP contribution in [0.15, 0.2) is 53.9 Å². The van der Waals surface area contributed by atoms with E-state index in [9.17, 15) is 27.5 Å². The number of amides is 1. The predicted molar refractivity (Wildman–Crippen MR) is 78.8 cm³/mol. The van der Waals surface area contributed by atoms with Crippen LogP contribution in [0.5, 0.6) is 0 Å². The van der Waals surface area contributed by atoms with Crippen molar-refractivity contribution in [3.63, 3.8) is 0 Å². The van der Waals surface area contributed by atoms with Crippen LogP contribution in [-0.4, -0.2) is 32.9 Å². The molecule has 1 aromatic heterocycles. The van der Waals surface area contributed by atoms with E-state index in [2.05, 4.69) is 10.1 Å². The van der Waals surface area contributed by atoms with E-state index < -0.39 is 35.8 Å². The predicted octanol–water partition coefficient (Wildman–Crippen LogP) is 2.83. The molecule has 9 heteroatoms. The van der Waals surface area contributed by atoms with Crippen LogP contribution in [0.4, 0.5) is 17.6 Å². The normalized spacial score (nSPS) is 20.5. The first-order valence-corrected chi connectivity index (χ1v) is 7.09. The van der Waals surface area contributed by atoms with Gasteiger partial charge in [0.1, 0.15) is 11.5 Å². The van der Waals surface area contributed by atoms with Gasteiger partial charge in [-0.05, 0) is 24.3 Å². The number of aromatic nitrogens is 1. The van der Waals surface area contributed by atoms with Crippen LogP contribution in [0.25, 0.3) is 0 Å². The third-order valence-corrected chi connectivity index (χ3v) is 3.72. The Labute approximate surface area is 139 Å². The Balaban J connectivity index is 2.07. The maximum atomic E-state index is 13.1. The molecule has 0 aliphatic carbocycles. The van der Waals surface area contributed by atoms with Crippen molar-refractivity contribution in [2.45, 2.75) is 18.3 Å². The van der Waals surface area contributed by atoms with E-state index in [1.807, 2.05) is 0 Å². The van der Waals surface area contributed by atoms with Gasteiger partial charge in [-0.25, -0.2) is 4.39 Å². The van der Waals surface area contributed by atoms with Crippen LogP contribution < -0.4 is 0 Å². The molecule has 2 heterocycles. The summed E-state index contributed by atoms with van der Waals surface area (Å²) in [6.07, 6.45) is -3.25. The maximum absolute atomic E-state index is 13.1. The first-order valence-electron chi connectivity index (χ1n) is 7.09. The number of nitrogens with zero attached hydrogens (tertiary/aromatic N) is 3. The standard InChI is InChI=1S/C16H11F4N3O2/c17-12-5-3-11(4-6-12)15(25)8-13(16(18,19)20)22-23(15)14(24)10-2-1-7-21-9-10/h1-7,9,25H,8H2. The van der Waals surface area contributed by atoms with Crippen LogP contribution in [0.1, 0.15) is 22.3 Å². The van der Waals surface area contributed by atoms with E-state index in [1.165, 1.54) is 18.3 Å². The van der Waals surface area contributed by atoms with Gasteiger partial charge in [-0.3, -0.25) is 9.78 Å². The third kappa shape index (κ3) is 3.10. The zero-order valence-electron chi connectivity index (χ0n) is 12.5. The molecule has 130 valence electrons. The number of carbonyl (C=O) groups excluding carboxylic acids is 1. The number of hydrogen-bond acceptors (Lipinski definition) is 4. The number of benzene rings is 1. The number of hydrazone groups is 1. The molecule has 1 aliphatic rings. The zero-order chi connectivity index (χ0) is 18.2. The van der Waals surface area contributed by atoms with Crippen molar-refractivity contribution in [2.75, 3.05) is 0 Å². The van der Waals surface area contributed by atoms with Crippen LogP contribution in [0.3, 0.4) is 0 Å². The molecule has 1 amide bonds. The smallest absolute Gasteiger partial charge is 0.365 e. The summed E-state index contributed by atoms with van der Waals surface area (Å²) in [5.74, 6) is -1.59. The summed E-state index contributed by atoms with van der Waals surface area (Å²) in [6.45, 7) is 0. The number of halogens is 4. The van der Waals surface area contributed by atoms with Crippen molar-refractivity contribution in [2.24, 2.45) is 5.10 Å². The number of hydrogen-bond donors (Lipinski definition) is 1. The highest BCUT2D eigenvalue weighted by molar-refractivity contribution is 5.99. The topological polar surface area (TPSA) is 65.8 Å². The van der Waals surface area contributed by atoms with Gasteiger partial charge in [0, 0.05) is 18.0 Å². The summed E-state index contributed by atoms with van der Waals surface area (Å²) < 4.78 is 52.3. The molecular formula is C16H11F4N3O2. The van der Waals surface area contributed by atoms with Crippen LogP contribution >= 0.6 is 0 Å². The molecule has 1 N–H and O–H groups in total. The number of aliphatic hydroxyl groups is 1. The summed E-state index contributed by atoms with van der Waals surface area (Å²) in [5, 5.41) is 14.5. The highest BCUT2D eigenvalue weighted by Crippen LogP contribution is 2.40. The number of pyridine rings is 1. The molecule has 1 atom stereocenters. The molecule has 0 saturated heterocycles. The van der Waals surface area contributed by atoms with E-state index in [-0.39, 0.29) is 11.1 Å². The van der Waals surface area contributed by atoms with Crippen LogP contribution in [-0.2, 0) is 5.72 Å². The number of rotatable bonds is 2. The lowest BCUT2D eigenvalue weighted by molar-refractivity contribution is -0.0816. The lowest BCUT2D eigenvalue weighted by atomic mass is 9.96. The minimum Gasteiger partial charge on any atom is -0.365 e. The lowest BCUT2D eigenvalue weighted by Crippen LogP contribution is -2.43. The molecule has 1 unspecified atom stereocenters. The summed E-state index contributed by atoms with van der Waals surface area (Å²) in [7, 11) is 0. The van der Waals surface area contributed by atoms with E-state index in [0.717, 1.165) is 30.5 Å². The van der Waals surface area contributed by atoms with Gasteiger partial charge < -0.3 is 5.11 Å². The Kier molecular flexibility index (Phi) is 4.03. The summed E-state index contributed by atoms with van der Waals surface area (Å²) >= 11 is 0. The minimum absolute atomic E-state index is 0.0461. The third-order valence-electron chi connectivity index (χ3n) is 3.72. The van der Waals surface area contributed by atoms with Gasteiger partial charge in [-0.1, -0.05) is 12.1 Å². The van der Waals surface area contributed by atoms with Crippen LogP contribution in [0.2, 0.25) is 0 Å². The maximum Gasteiger partial charge on any atom is 0.431 e. The van der Waals surface area contributed by atoms with Crippen LogP contribution in [0, 0.1) is 5.82 Å². The molecule has 0 saturated carbocycles. The fourth-order valence-electron chi connectivity index (χ4n) is 2.47. The Morgan fingerprint density at radius 2 is 1.88 bits per heavy atom. The molecule has 5 nitrogen and oxygen atoms in total. The first kappa shape index (κ1) is 17.0. The van der Waals surface area contributed by atoms with Gasteiger partial charge in [0.15, 0.2) is 5.72 Å². The molecule has 25 heavy (non-hydrogen) atoms. The number of alkyl halides is 3. The minimum atomic E-state index is -4.82. The first-order chi connectivity index (χ1) is 11.7. The summed E-state index contributed by atoms with van der Waals surface area (Å²) in [5.41, 5.74) is -3.83. The van der Waals surface area contributed by atoms with Crippen molar-refractivity contribution < 1.29 is 27.5 Å². The second-order valence-electron chi connectivity index (χ2n) is 5.40.